The predicted molar refractivity (Wildman–Crippen MR) is 113 cm³/mol. The molecule has 2 aromatic carbocycles. The van der Waals surface area contributed by atoms with E-state index < -0.39 is 0 Å². The van der Waals surface area contributed by atoms with Gasteiger partial charge in [-0.3, -0.25) is 0 Å². The van der Waals surface area contributed by atoms with Gasteiger partial charge < -0.3 is 15.0 Å². The zero-order valence-corrected chi connectivity index (χ0v) is 16.8. The number of thioether (sulfide) groups is 1. The minimum atomic E-state index is -0.143. The van der Waals surface area contributed by atoms with Crippen LogP contribution in [0.1, 0.15) is 5.56 Å². The summed E-state index contributed by atoms with van der Waals surface area (Å²) in [4.78, 5) is 6.73. The molecule has 0 spiro atoms. The maximum atomic E-state index is 6.34. The first-order chi connectivity index (χ1) is 12.6. The molecule has 7 heteroatoms. The van der Waals surface area contributed by atoms with Gasteiger partial charge in [0.2, 0.25) is 0 Å². The van der Waals surface area contributed by atoms with E-state index >= 15 is 0 Å². The number of ether oxygens (including phenoxy) is 1. The molecule has 1 atom stereocenters. The molecule has 1 aliphatic heterocycles. The van der Waals surface area contributed by atoms with E-state index in [2.05, 4.69) is 5.32 Å². The Balaban J connectivity index is 1.71. The van der Waals surface area contributed by atoms with Gasteiger partial charge in [-0.05, 0) is 42.2 Å². The summed E-state index contributed by atoms with van der Waals surface area (Å²) >= 11 is 14.3. The summed E-state index contributed by atoms with van der Waals surface area (Å²) in [5, 5.41) is 4.56. The van der Waals surface area contributed by atoms with Crippen LogP contribution in [0.15, 0.2) is 59.7 Å². The number of amidine groups is 1. The summed E-state index contributed by atoms with van der Waals surface area (Å²) in [5.41, 5.74) is 1.78. The standard InChI is InChI=1S/C19H19Cl2N3OS/c1-25-14-8-6-13(7-9-14)12-22-17-10-11-24(19(23-17)26-2)18-15(20)4-3-5-16(18)21/h3-11,19H,12H2,1-2H3,(H,22,23). The first kappa shape index (κ1) is 19.0. The van der Waals surface area contributed by atoms with Crippen molar-refractivity contribution in [2.24, 2.45) is 4.99 Å². The fraction of sp³-hybridized carbons (Fsp3) is 0.211. The molecule has 0 amide bonds. The Morgan fingerprint density at radius 2 is 1.85 bits per heavy atom. The van der Waals surface area contributed by atoms with Crippen LogP contribution in [0.2, 0.25) is 10.0 Å². The minimum absolute atomic E-state index is 0.143. The van der Waals surface area contributed by atoms with Crippen molar-refractivity contribution in [3.63, 3.8) is 0 Å². The van der Waals surface area contributed by atoms with Gasteiger partial charge in [0, 0.05) is 12.7 Å². The second kappa shape index (κ2) is 8.71. The van der Waals surface area contributed by atoms with Crippen LogP contribution in [0.25, 0.3) is 0 Å². The molecule has 0 aromatic heterocycles. The highest BCUT2D eigenvalue weighted by molar-refractivity contribution is 7.99. The molecule has 3 rings (SSSR count). The molecule has 4 nitrogen and oxygen atoms in total. The molecule has 2 aromatic rings. The number of benzene rings is 2. The van der Waals surface area contributed by atoms with Gasteiger partial charge in [-0.25, -0.2) is 4.99 Å². The molecule has 0 saturated heterocycles. The number of nitrogens with zero attached hydrogens (tertiary/aromatic N) is 2. The monoisotopic (exact) mass is 407 g/mol. The van der Waals surface area contributed by atoms with E-state index in [4.69, 9.17) is 32.9 Å². The van der Waals surface area contributed by atoms with E-state index in [1.807, 2.05) is 65.9 Å². The lowest BCUT2D eigenvalue weighted by Gasteiger charge is -2.31. The average Bonchev–Trinajstić information content (AvgIpc) is 2.67. The number of hydrogen-bond acceptors (Lipinski definition) is 5. The molecule has 0 aliphatic carbocycles. The smallest absolute Gasteiger partial charge is 0.174 e. The summed E-state index contributed by atoms with van der Waals surface area (Å²) in [7, 11) is 1.66. The topological polar surface area (TPSA) is 36.9 Å². The first-order valence-corrected chi connectivity index (χ1v) is 10.0. The summed E-state index contributed by atoms with van der Waals surface area (Å²) in [6.07, 6.45) is 5.89. The van der Waals surface area contributed by atoms with Gasteiger partial charge in [-0.1, -0.05) is 41.4 Å². The highest BCUT2D eigenvalue weighted by Gasteiger charge is 2.23. The second-order valence-electron chi connectivity index (χ2n) is 5.57. The molecular formula is C19H19Cl2N3OS. The third-order valence-corrected chi connectivity index (χ3v) is 5.28. The average molecular weight is 408 g/mol. The lowest BCUT2D eigenvalue weighted by molar-refractivity contribution is 0.414. The van der Waals surface area contributed by atoms with Crippen LogP contribution in [0, 0.1) is 0 Å². The van der Waals surface area contributed by atoms with Gasteiger partial charge in [0.25, 0.3) is 0 Å². The van der Waals surface area contributed by atoms with Gasteiger partial charge in [-0.2, -0.15) is 0 Å². The molecule has 1 aliphatic rings. The summed E-state index contributed by atoms with van der Waals surface area (Å²) in [6.45, 7) is 0.682. The Labute approximate surface area is 167 Å². The highest BCUT2D eigenvalue weighted by Crippen LogP contribution is 2.37. The normalized spacial score (nSPS) is 16.4. The molecule has 0 saturated carbocycles. The Hall–Kier alpha value is -1.82. The Morgan fingerprint density at radius 3 is 2.46 bits per heavy atom. The van der Waals surface area contributed by atoms with Gasteiger partial charge >= 0.3 is 0 Å². The van der Waals surface area contributed by atoms with Crippen LogP contribution in [-0.4, -0.2) is 24.7 Å². The molecule has 0 radical (unpaired) electrons. The van der Waals surface area contributed by atoms with E-state index in [1.54, 1.807) is 18.9 Å². The fourth-order valence-electron chi connectivity index (χ4n) is 2.58. The number of halogens is 2. The third kappa shape index (κ3) is 4.29. The van der Waals surface area contributed by atoms with Crippen LogP contribution >= 0.6 is 35.0 Å². The van der Waals surface area contributed by atoms with Crippen LogP contribution < -0.4 is 15.0 Å². The van der Waals surface area contributed by atoms with Crippen molar-refractivity contribution in [3.05, 3.63) is 70.3 Å². The fourth-order valence-corrected chi connectivity index (χ4v) is 3.79. The quantitative estimate of drug-likeness (QED) is 0.741. The number of aliphatic imine (C=N–C) groups is 1. The van der Waals surface area contributed by atoms with Crippen molar-refractivity contribution in [2.45, 2.75) is 12.0 Å². The minimum Gasteiger partial charge on any atom is -0.497 e. The van der Waals surface area contributed by atoms with E-state index in [9.17, 15) is 0 Å². The van der Waals surface area contributed by atoms with Crippen molar-refractivity contribution in [1.29, 1.82) is 0 Å². The molecule has 26 heavy (non-hydrogen) atoms. The Morgan fingerprint density at radius 1 is 1.15 bits per heavy atom. The molecule has 0 fully saturated rings. The first-order valence-electron chi connectivity index (χ1n) is 8.00. The van der Waals surface area contributed by atoms with Crippen LogP contribution in [0.4, 0.5) is 5.69 Å². The predicted octanol–water partition coefficient (Wildman–Crippen LogP) is 5.17. The number of para-hydroxylation sites is 1. The lowest BCUT2D eigenvalue weighted by atomic mass is 10.2. The van der Waals surface area contributed by atoms with Crippen LogP contribution in [-0.2, 0) is 6.54 Å². The van der Waals surface area contributed by atoms with Crippen molar-refractivity contribution < 1.29 is 4.74 Å². The van der Waals surface area contributed by atoms with Crippen LogP contribution in [0.5, 0.6) is 5.75 Å². The number of methoxy groups -OCH3 is 1. The Bertz CT molecular complexity index is 804. The lowest BCUT2D eigenvalue weighted by Crippen LogP contribution is -2.34. The maximum absolute atomic E-state index is 6.34. The third-order valence-electron chi connectivity index (χ3n) is 3.92. The summed E-state index contributed by atoms with van der Waals surface area (Å²) in [5.74, 6) is 1.66. The molecule has 0 bridgehead atoms. The van der Waals surface area contributed by atoms with Crippen molar-refractivity contribution in [3.8, 4) is 5.75 Å². The molecule has 1 heterocycles. The number of nitrogens with one attached hydrogen (secondary N) is 1. The zero-order valence-electron chi connectivity index (χ0n) is 14.4. The van der Waals surface area contributed by atoms with Gasteiger partial charge in [0.15, 0.2) is 5.50 Å². The van der Waals surface area contributed by atoms with E-state index in [-0.39, 0.29) is 5.50 Å². The van der Waals surface area contributed by atoms with Crippen molar-refractivity contribution >= 4 is 46.5 Å². The summed E-state index contributed by atoms with van der Waals surface area (Å²) in [6, 6.07) is 13.4. The number of anilines is 1. The van der Waals surface area contributed by atoms with Gasteiger partial charge in [0.1, 0.15) is 11.6 Å². The van der Waals surface area contributed by atoms with Crippen molar-refractivity contribution in [1.82, 2.24) is 5.32 Å². The molecular weight excluding hydrogens is 389 g/mol. The Kier molecular flexibility index (Phi) is 6.35. The van der Waals surface area contributed by atoms with E-state index in [0.29, 0.717) is 16.6 Å². The van der Waals surface area contributed by atoms with Crippen LogP contribution in [0.3, 0.4) is 0 Å². The van der Waals surface area contributed by atoms with Gasteiger partial charge in [-0.15, -0.1) is 11.8 Å². The molecule has 1 N–H and O–H groups in total. The highest BCUT2D eigenvalue weighted by atomic mass is 35.5. The number of rotatable bonds is 5. The van der Waals surface area contributed by atoms with E-state index in [0.717, 1.165) is 22.8 Å². The van der Waals surface area contributed by atoms with Crippen molar-refractivity contribution in [2.75, 3.05) is 18.3 Å². The maximum Gasteiger partial charge on any atom is 0.174 e. The molecule has 1 unspecified atom stereocenters. The number of hydrogen-bond donors (Lipinski definition) is 1. The molecule has 136 valence electrons. The second-order valence-corrected chi connectivity index (χ2v) is 7.28. The van der Waals surface area contributed by atoms with Gasteiger partial charge in [0.05, 0.1) is 22.8 Å². The van der Waals surface area contributed by atoms with E-state index in [1.165, 1.54) is 0 Å². The summed E-state index contributed by atoms with van der Waals surface area (Å²) < 4.78 is 5.18. The zero-order chi connectivity index (χ0) is 18.5. The largest absolute Gasteiger partial charge is 0.497 e. The SMILES string of the molecule is COc1ccc(CNC2=NC(SC)N(c3c(Cl)cccc3Cl)C=C2)cc1.